The van der Waals surface area contributed by atoms with Crippen LogP contribution in [0.25, 0.3) is 0 Å². The molecule has 0 aromatic rings. The van der Waals surface area contributed by atoms with Gasteiger partial charge in [0.15, 0.2) is 5.60 Å². The van der Waals surface area contributed by atoms with Crippen molar-refractivity contribution in [3.8, 4) is 0 Å². The van der Waals surface area contributed by atoms with Crippen LogP contribution in [0.4, 0.5) is 4.79 Å². The van der Waals surface area contributed by atoms with E-state index in [9.17, 15) is 19.5 Å². The van der Waals surface area contributed by atoms with Gasteiger partial charge in [0.05, 0.1) is 0 Å². The van der Waals surface area contributed by atoms with Crippen LogP contribution >= 0.6 is 0 Å². The molecule has 8 heteroatoms. The molecule has 3 N–H and O–H groups in total. The van der Waals surface area contributed by atoms with E-state index in [1.165, 1.54) is 0 Å². The number of aliphatic hydroxyl groups is 1. The Morgan fingerprint density at radius 3 is 2.30 bits per heavy atom. The molecule has 0 aromatic carbocycles. The Labute approximate surface area is 135 Å². The lowest BCUT2D eigenvalue weighted by atomic mass is 9.91. The summed E-state index contributed by atoms with van der Waals surface area (Å²) >= 11 is 0. The van der Waals surface area contributed by atoms with E-state index in [1.54, 1.807) is 9.80 Å². The monoisotopic (exact) mass is 327 g/mol. The van der Waals surface area contributed by atoms with Gasteiger partial charge in [-0.1, -0.05) is 0 Å². The molecule has 0 bridgehead atoms. The summed E-state index contributed by atoms with van der Waals surface area (Å²) in [6.07, 6.45) is 1.41. The number of piperidine rings is 1. The van der Waals surface area contributed by atoms with Crippen LogP contribution in [-0.2, 0) is 9.59 Å². The molecule has 0 aromatic heterocycles. The molecular formula is C15H25N3O5. The van der Waals surface area contributed by atoms with Gasteiger partial charge in [0, 0.05) is 38.5 Å². The highest BCUT2D eigenvalue weighted by molar-refractivity contribution is 5.88. The van der Waals surface area contributed by atoms with Gasteiger partial charge >= 0.3 is 12.0 Å². The summed E-state index contributed by atoms with van der Waals surface area (Å²) in [5.41, 5.74) is -1.75. The van der Waals surface area contributed by atoms with Crippen LogP contribution in [-0.4, -0.2) is 75.2 Å². The highest BCUT2D eigenvalue weighted by atomic mass is 16.4. The maximum Gasteiger partial charge on any atom is 0.335 e. The highest BCUT2D eigenvalue weighted by Gasteiger charge is 2.43. The maximum absolute atomic E-state index is 12.7. The number of carboxylic acid groups (broad SMARTS) is 1. The summed E-state index contributed by atoms with van der Waals surface area (Å²) in [6, 6.07) is -0.737. The first kappa shape index (κ1) is 17.5. The van der Waals surface area contributed by atoms with Crippen LogP contribution in [0.5, 0.6) is 0 Å². The molecule has 2 aliphatic rings. The third-order valence-electron chi connectivity index (χ3n) is 4.51. The molecule has 130 valence electrons. The zero-order chi connectivity index (χ0) is 17.2. The molecule has 0 unspecified atom stereocenters. The third-order valence-corrected chi connectivity index (χ3v) is 4.51. The summed E-state index contributed by atoms with van der Waals surface area (Å²) in [5.74, 6) is -1.41. The van der Waals surface area contributed by atoms with Crippen LogP contribution < -0.4 is 5.32 Å². The Kier molecular flexibility index (Phi) is 5.13. The standard InChI is InChI=1S/C15H25N3O5/c1-10(2)16-14(22)18-7-3-4-11(18)12(19)17-8-5-15(23,6-9-17)13(20)21/h10-11,23H,3-9H2,1-2H3,(H,16,22)(H,20,21)/t11-/m0/s1. The van der Waals surface area contributed by atoms with E-state index < -0.39 is 17.6 Å². The Hall–Kier alpha value is -1.83. The van der Waals surface area contributed by atoms with E-state index in [0.29, 0.717) is 13.0 Å². The minimum absolute atomic E-state index is 0.000546. The van der Waals surface area contributed by atoms with Gasteiger partial charge < -0.3 is 25.3 Å². The van der Waals surface area contributed by atoms with Crippen LogP contribution in [0, 0.1) is 0 Å². The molecule has 2 fully saturated rings. The number of aliphatic carboxylic acids is 1. The van der Waals surface area contributed by atoms with Crippen molar-refractivity contribution in [1.29, 1.82) is 0 Å². The van der Waals surface area contributed by atoms with Crippen molar-refractivity contribution in [1.82, 2.24) is 15.1 Å². The van der Waals surface area contributed by atoms with Gasteiger partial charge in [-0.15, -0.1) is 0 Å². The number of hydrogen-bond acceptors (Lipinski definition) is 4. The third kappa shape index (κ3) is 3.74. The molecule has 2 rings (SSSR count). The number of carbonyl (C=O) groups excluding carboxylic acids is 2. The Balaban J connectivity index is 1.97. The summed E-state index contributed by atoms with van der Waals surface area (Å²) in [4.78, 5) is 39.0. The van der Waals surface area contributed by atoms with Crippen LogP contribution in [0.2, 0.25) is 0 Å². The molecule has 23 heavy (non-hydrogen) atoms. The van der Waals surface area contributed by atoms with Gasteiger partial charge in [0.1, 0.15) is 6.04 Å². The summed E-state index contributed by atoms with van der Waals surface area (Å²) in [7, 11) is 0. The number of nitrogens with zero attached hydrogens (tertiary/aromatic N) is 2. The number of likely N-dealkylation sites (tertiary alicyclic amines) is 2. The molecule has 2 aliphatic heterocycles. The van der Waals surface area contributed by atoms with E-state index in [-0.39, 0.29) is 43.9 Å². The zero-order valence-corrected chi connectivity index (χ0v) is 13.6. The largest absolute Gasteiger partial charge is 0.479 e. The summed E-state index contributed by atoms with van der Waals surface area (Å²) in [5, 5.41) is 21.8. The van der Waals surface area contributed by atoms with Crippen molar-refractivity contribution in [2.24, 2.45) is 0 Å². The van der Waals surface area contributed by atoms with E-state index in [1.807, 2.05) is 13.8 Å². The van der Waals surface area contributed by atoms with Crippen LogP contribution in [0.3, 0.4) is 0 Å². The van der Waals surface area contributed by atoms with Crippen molar-refractivity contribution in [3.63, 3.8) is 0 Å². The lowest BCUT2D eigenvalue weighted by Gasteiger charge is -2.37. The van der Waals surface area contributed by atoms with Gasteiger partial charge in [0.25, 0.3) is 0 Å². The first-order valence-corrected chi connectivity index (χ1v) is 8.06. The van der Waals surface area contributed by atoms with Crippen molar-refractivity contribution in [3.05, 3.63) is 0 Å². The van der Waals surface area contributed by atoms with Crippen molar-refractivity contribution >= 4 is 17.9 Å². The smallest absolute Gasteiger partial charge is 0.335 e. The molecule has 0 saturated carbocycles. The molecule has 2 heterocycles. The number of rotatable bonds is 3. The van der Waals surface area contributed by atoms with Gasteiger partial charge in [-0.2, -0.15) is 0 Å². The first-order chi connectivity index (χ1) is 10.7. The number of urea groups is 1. The predicted octanol–water partition coefficient (Wildman–Crippen LogP) is 0.00690. The minimum atomic E-state index is -1.75. The van der Waals surface area contributed by atoms with Gasteiger partial charge in [0.2, 0.25) is 5.91 Å². The average Bonchev–Trinajstić information content (AvgIpc) is 2.96. The average molecular weight is 327 g/mol. The quantitative estimate of drug-likeness (QED) is 0.676. The molecule has 2 saturated heterocycles. The zero-order valence-electron chi connectivity index (χ0n) is 13.6. The minimum Gasteiger partial charge on any atom is -0.479 e. The van der Waals surface area contributed by atoms with Crippen molar-refractivity contribution < 1.29 is 24.6 Å². The van der Waals surface area contributed by atoms with Crippen molar-refractivity contribution in [2.45, 2.75) is 57.2 Å². The Morgan fingerprint density at radius 1 is 1.17 bits per heavy atom. The molecular weight excluding hydrogens is 302 g/mol. The lowest BCUT2D eigenvalue weighted by molar-refractivity contribution is -0.165. The molecule has 0 spiro atoms. The second-order valence-electron chi connectivity index (χ2n) is 6.62. The number of nitrogens with one attached hydrogen (secondary N) is 1. The Bertz CT molecular complexity index is 486. The fourth-order valence-electron chi connectivity index (χ4n) is 3.12. The number of carbonyl (C=O) groups is 3. The van der Waals surface area contributed by atoms with E-state index in [4.69, 9.17) is 5.11 Å². The molecule has 0 radical (unpaired) electrons. The first-order valence-electron chi connectivity index (χ1n) is 8.06. The van der Waals surface area contributed by atoms with E-state index in [0.717, 1.165) is 6.42 Å². The fourth-order valence-corrected chi connectivity index (χ4v) is 3.12. The van der Waals surface area contributed by atoms with E-state index in [2.05, 4.69) is 5.32 Å². The number of hydrogen-bond donors (Lipinski definition) is 3. The normalized spacial score (nSPS) is 23.9. The fraction of sp³-hybridized carbons (Fsp3) is 0.800. The van der Waals surface area contributed by atoms with E-state index >= 15 is 0 Å². The second-order valence-corrected chi connectivity index (χ2v) is 6.62. The second kappa shape index (κ2) is 6.74. The van der Waals surface area contributed by atoms with Crippen LogP contribution in [0.1, 0.15) is 39.5 Å². The van der Waals surface area contributed by atoms with Crippen molar-refractivity contribution in [2.75, 3.05) is 19.6 Å². The SMILES string of the molecule is CC(C)NC(=O)N1CCC[C@H]1C(=O)N1CCC(O)(C(=O)O)CC1. The van der Waals surface area contributed by atoms with Gasteiger partial charge in [-0.05, 0) is 26.7 Å². The number of amides is 3. The molecule has 0 aliphatic carbocycles. The predicted molar refractivity (Wildman–Crippen MR) is 81.8 cm³/mol. The summed E-state index contributed by atoms with van der Waals surface area (Å²) in [6.45, 7) is 4.65. The Morgan fingerprint density at radius 2 is 1.78 bits per heavy atom. The van der Waals surface area contributed by atoms with Crippen LogP contribution in [0.15, 0.2) is 0 Å². The van der Waals surface area contributed by atoms with Gasteiger partial charge in [-0.3, -0.25) is 4.79 Å². The molecule has 3 amide bonds. The molecule has 1 atom stereocenters. The highest BCUT2D eigenvalue weighted by Crippen LogP contribution is 2.26. The molecule has 8 nitrogen and oxygen atoms in total. The maximum atomic E-state index is 12.7. The topological polar surface area (TPSA) is 110 Å². The summed E-state index contributed by atoms with van der Waals surface area (Å²) < 4.78 is 0. The number of carboxylic acids is 1. The van der Waals surface area contributed by atoms with Gasteiger partial charge in [-0.25, -0.2) is 9.59 Å². The lowest BCUT2D eigenvalue weighted by Crippen LogP contribution is -2.56.